The third kappa shape index (κ3) is 3.84. The van der Waals surface area contributed by atoms with E-state index >= 15 is 0 Å². The number of hydrogen-bond acceptors (Lipinski definition) is 3. The zero-order valence-corrected chi connectivity index (χ0v) is 15.4. The Hall–Kier alpha value is -2.76. The van der Waals surface area contributed by atoms with Crippen molar-refractivity contribution >= 4 is 17.1 Å². The minimum atomic E-state index is -0.342. The maximum atomic E-state index is 13.2. The zero-order valence-electron chi connectivity index (χ0n) is 15.4. The molecule has 1 aliphatic carbocycles. The van der Waals surface area contributed by atoms with Gasteiger partial charge in [0.2, 0.25) is 0 Å². The smallest absolute Gasteiger partial charge is 0.254 e. The lowest BCUT2D eigenvalue weighted by Crippen LogP contribution is -2.32. The molecule has 3 aromatic rings. The van der Waals surface area contributed by atoms with E-state index in [4.69, 9.17) is 4.98 Å². The molecular weight excluding hydrogens is 343 g/mol. The van der Waals surface area contributed by atoms with Crippen LogP contribution in [0.1, 0.15) is 42.4 Å². The molecule has 0 N–H and O–H groups in total. The number of benzene rings is 1. The van der Waals surface area contributed by atoms with Crippen molar-refractivity contribution < 1.29 is 9.18 Å². The highest BCUT2D eigenvalue weighted by atomic mass is 19.1. The lowest BCUT2D eigenvalue weighted by molar-refractivity contribution is 0.0737. The summed E-state index contributed by atoms with van der Waals surface area (Å²) in [5.74, 6) is 1.09. The second-order valence-corrected chi connectivity index (χ2v) is 7.16. The number of hydrogen-bond donors (Lipinski definition) is 0. The summed E-state index contributed by atoms with van der Waals surface area (Å²) >= 11 is 0. The van der Waals surface area contributed by atoms with Crippen LogP contribution < -0.4 is 0 Å². The van der Waals surface area contributed by atoms with Gasteiger partial charge in [-0.1, -0.05) is 6.92 Å². The average Bonchev–Trinajstić information content (AvgIpc) is 3.43. The van der Waals surface area contributed by atoms with Crippen molar-refractivity contribution in [2.24, 2.45) is 5.92 Å². The maximum Gasteiger partial charge on any atom is 0.254 e. The van der Waals surface area contributed by atoms with Gasteiger partial charge in [-0.3, -0.25) is 4.79 Å². The Morgan fingerprint density at radius 2 is 2.04 bits per heavy atom. The van der Waals surface area contributed by atoms with Gasteiger partial charge in [-0.25, -0.2) is 14.4 Å². The van der Waals surface area contributed by atoms with E-state index in [0.717, 1.165) is 30.0 Å². The first-order valence-electron chi connectivity index (χ1n) is 9.50. The highest BCUT2D eigenvalue weighted by Gasteiger charge is 2.26. The van der Waals surface area contributed by atoms with E-state index in [0.29, 0.717) is 24.6 Å². The molecule has 6 heteroatoms. The van der Waals surface area contributed by atoms with Crippen molar-refractivity contribution in [1.29, 1.82) is 0 Å². The minimum Gasteiger partial charge on any atom is -0.331 e. The molecule has 0 saturated heterocycles. The van der Waals surface area contributed by atoms with E-state index in [-0.39, 0.29) is 11.7 Å². The van der Waals surface area contributed by atoms with Crippen LogP contribution in [0.3, 0.4) is 0 Å². The molecule has 0 aliphatic heterocycles. The van der Waals surface area contributed by atoms with Crippen LogP contribution in [-0.4, -0.2) is 31.9 Å². The first kappa shape index (κ1) is 17.6. The molecular formula is C21H23FN4O. The SMILES string of the molecule is CCCN(Cc1nc2cccnc2n1CC1CC1)C(=O)c1ccc(F)cc1. The third-order valence-corrected chi connectivity index (χ3v) is 4.92. The molecule has 0 spiro atoms. The monoisotopic (exact) mass is 366 g/mol. The van der Waals surface area contributed by atoms with Crippen LogP contribution in [0, 0.1) is 11.7 Å². The highest BCUT2D eigenvalue weighted by molar-refractivity contribution is 5.94. The summed E-state index contributed by atoms with van der Waals surface area (Å²) in [6, 6.07) is 9.56. The van der Waals surface area contributed by atoms with E-state index in [1.54, 1.807) is 11.1 Å². The molecule has 2 aromatic heterocycles. The largest absolute Gasteiger partial charge is 0.331 e. The zero-order chi connectivity index (χ0) is 18.8. The normalized spacial score (nSPS) is 13.9. The Labute approximate surface area is 157 Å². The first-order chi connectivity index (χ1) is 13.2. The van der Waals surface area contributed by atoms with Gasteiger partial charge in [0.05, 0.1) is 6.54 Å². The third-order valence-electron chi connectivity index (χ3n) is 4.92. The summed E-state index contributed by atoms with van der Waals surface area (Å²) < 4.78 is 15.4. The number of nitrogens with zero attached hydrogens (tertiary/aromatic N) is 4. The van der Waals surface area contributed by atoms with Crippen LogP contribution in [0.2, 0.25) is 0 Å². The van der Waals surface area contributed by atoms with E-state index in [1.807, 2.05) is 19.1 Å². The van der Waals surface area contributed by atoms with Gasteiger partial charge < -0.3 is 9.47 Å². The van der Waals surface area contributed by atoms with E-state index in [2.05, 4.69) is 9.55 Å². The second kappa shape index (κ2) is 7.47. The number of aromatic nitrogens is 3. The lowest BCUT2D eigenvalue weighted by Gasteiger charge is -2.22. The topological polar surface area (TPSA) is 51.0 Å². The molecule has 1 aromatic carbocycles. The number of rotatable bonds is 7. The van der Waals surface area contributed by atoms with Crippen LogP contribution in [0.15, 0.2) is 42.6 Å². The van der Waals surface area contributed by atoms with Crippen molar-refractivity contribution in [1.82, 2.24) is 19.4 Å². The summed E-state index contributed by atoms with van der Waals surface area (Å²) in [7, 11) is 0. The van der Waals surface area contributed by atoms with Crippen molar-refractivity contribution in [2.45, 2.75) is 39.3 Å². The van der Waals surface area contributed by atoms with Gasteiger partial charge in [-0.15, -0.1) is 0 Å². The van der Waals surface area contributed by atoms with Crippen molar-refractivity contribution in [3.8, 4) is 0 Å². The second-order valence-electron chi connectivity index (χ2n) is 7.16. The van der Waals surface area contributed by atoms with Crippen LogP contribution >= 0.6 is 0 Å². The van der Waals surface area contributed by atoms with Gasteiger partial charge in [-0.05, 0) is 61.6 Å². The van der Waals surface area contributed by atoms with Crippen molar-refractivity contribution in [2.75, 3.05) is 6.54 Å². The van der Waals surface area contributed by atoms with E-state index < -0.39 is 0 Å². The van der Waals surface area contributed by atoms with Gasteiger partial charge >= 0.3 is 0 Å². The van der Waals surface area contributed by atoms with E-state index in [9.17, 15) is 9.18 Å². The van der Waals surface area contributed by atoms with Gasteiger partial charge in [0.1, 0.15) is 17.2 Å². The number of imidazole rings is 1. The summed E-state index contributed by atoms with van der Waals surface area (Å²) in [5, 5.41) is 0. The molecule has 1 saturated carbocycles. The van der Waals surface area contributed by atoms with Gasteiger partial charge in [0.25, 0.3) is 5.91 Å². The molecule has 1 amide bonds. The Morgan fingerprint density at radius 3 is 2.74 bits per heavy atom. The van der Waals surface area contributed by atoms with Crippen LogP contribution in [0.4, 0.5) is 4.39 Å². The van der Waals surface area contributed by atoms with Crippen LogP contribution in [0.25, 0.3) is 11.2 Å². The Balaban J connectivity index is 1.64. The Bertz CT molecular complexity index is 946. The fourth-order valence-corrected chi connectivity index (χ4v) is 3.34. The molecule has 140 valence electrons. The van der Waals surface area contributed by atoms with Crippen LogP contribution in [-0.2, 0) is 13.1 Å². The van der Waals surface area contributed by atoms with Gasteiger partial charge in [0.15, 0.2) is 5.65 Å². The van der Waals surface area contributed by atoms with Gasteiger partial charge in [0, 0.05) is 24.8 Å². The minimum absolute atomic E-state index is 0.102. The number of carbonyl (C=O) groups is 1. The molecule has 1 fully saturated rings. The number of pyridine rings is 1. The quantitative estimate of drug-likeness (QED) is 0.634. The maximum absolute atomic E-state index is 13.2. The molecule has 0 bridgehead atoms. The average molecular weight is 366 g/mol. The predicted molar refractivity (Wildman–Crippen MR) is 102 cm³/mol. The molecule has 1 aliphatic rings. The lowest BCUT2D eigenvalue weighted by atomic mass is 10.2. The number of fused-ring (bicyclic) bond motifs is 1. The molecule has 0 unspecified atom stereocenters. The summed E-state index contributed by atoms with van der Waals surface area (Å²) in [6.07, 6.45) is 5.09. The first-order valence-corrected chi connectivity index (χ1v) is 9.50. The summed E-state index contributed by atoms with van der Waals surface area (Å²) in [5.41, 5.74) is 2.23. The van der Waals surface area contributed by atoms with E-state index in [1.165, 1.54) is 37.1 Å². The summed E-state index contributed by atoms with van der Waals surface area (Å²) in [6.45, 7) is 3.98. The molecule has 2 heterocycles. The molecule has 4 rings (SSSR count). The molecule has 0 atom stereocenters. The fraction of sp³-hybridized carbons (Fsp3) is 0.381. The molecule has 27 heavy (non-hydrogen) atoms. The Morgan fingerprint density at radius 1 is 1.26 bits per heavy atom. The van der Waals surface area contributed by atoms with Crippen molar-refractivity contribution in [3.05, 3.63) is 59.8 Å². The molecule has 5 nitrogen and oxygen atoms in total. The van der Waals surface area contributed by atoms with Gasteiger partial charge in [-0.2, -0.15) is 0 Å². The fourth-order valence-electron chi connectivity index (χ4n) is 3.34. The number of halogens is 1. The van der Waals surface area contributed by atoms with Crippen LogP contribution in [0.5, 0.6) is 0 Å². The number of amides is 1. The number of carbonyl (C=O) groups excluding carboxylic acids is 1. The molecule has 0 radical (unpaired) electrons. The predicted octanol–water partition coefficient (Wildman–Crippen LogP) is 4.03. The standard InChI is InChI=1S/C21H23FN4O/c1-2-12-25(21(27)16-7-9-17(22)10-8-16)14-19-24-18-4-3-11-23-20(18)26(19)13-15-5-6-15/h3-4,7-11,15H,2,5-6,12-14H2,1H3. The highest BCUT2D eigenvalue weighted by Crippen LogP contribution is 2.32. The summed E-state index contributed by atoms with van der Waals surface area (Å²) in [4.78, 5) is 24.0. The van der Waals surface area contributed by atoms with Crippen molar-refractivity contribution in [3.63, 3.8) is 0 Å². The Kier molecular flexibility index (Phi) is 4.88.